The molecule has 0 saturated heterocycles. The third kappa shape index (κ3) is 2.80. The second-order valence-corrected chi connectivity index (χ2v) is 8.37. The maximum Gasteiger partial charge on any atom is 0.191 e. The SMILES string of the molecule is Cc1ccccc1S(=O)(=O)C(C)C(=O)c1ccc(Cl)s1. The van der Waals surface area contributed by atoms with Gasteiger partial charge in [0, 0.05) is 0 Å². The number of carbonyl (C=O) groups excluding carboxylic acids is 1. The molecule has 0 radical (unpaired) electrons. The van der Waals surface area contributed by atoms with Crippen molar-refractivity contribution in [3.05, 3.63) is 51.2 Å². The fraction of sp³-hybridized carbons (Fsp3) is 0.214. The number of Topliss-reactive ketones (excluding diaryl/α,β-unsaturated/α-hetero) is 1. The molecule has 1 atom stereocenters. The van der Waals surface area contributed by atoms with Crippen molar-refractivity contribution >= 4 is 38.6 Å². The Morgan fingerprint density at radius 3 is 2.40 bits per heavy atom. The molecule has 0 bridgehead atoms. The number of rotatable bonds is 4. The number of carbonyl (C=O) groups is 1. The molecule has 0 spiro atoms. The minimum absolute atomic E-state index is 0.198. The third-order valence-corrected chi connectivity index (χ3v) is 6.51. The van der Waals surface area contributed by atoms with E-state index in [1.54, 1.807) is 37.3 Å². The van der Waals surface area contributed by atoms with Gasteiger partial charge >= 0.3 is 0 Å². The average molecular weight is 329 g/mol. The normalized spacial score (nSPS) is 13.2. The van der Waals surface area contributed by atoms with Crippen LogP contribution in [0.5, 0.6) is 0 Å². The lowest BCUT2D eigenvalue weighted by Gasteiger charge is -2.13. The maximum atomic E-state index is 12.5. The van der Waals surface area contributed by atoms with Crippen LogP contribution in [0, 0.1) is 6.92 Å². The van der Waals surface area contributed by atoms with Crippen molar-refractivity contribution < 1.29 is 13.2 Å². The summed E-state index contributed by atoms with van der Waals surface area (Å²) in [6.45, 7) is 3.13. The van der Waals surface area contributed by atoms with E-state index >= 15 is 0 Å². The molecule has 20 heavy (non-hydrogen) atoms. The fourth-order valence-electron chi connectivity index (χ4n) is 1.85. The molecule has 3 nitrogen and oxygen atoms in total. The number of sulfone groups is 1. The molecule has 0 aliphatic carbocycles. The standard InChI is InChI=1S/C14H13ClO3S2/c1-9-5-3-4-6-12(9)20(17,18)10(2)14(16)11-7-8-13(15)19-11/h3-8,10H,1-2H3. The fourth-order valence-corrected chi connectivity index (χ4v) is 4.58. The van der Waals surface area contributed by atoms with Gasteiger partial charge in [-0.2, -0.15) is 0 Å². The largest absolute Gasteiger partial charge is 0.292 e. The van der Waals surface area contributed by atoms with Gasteiger partial charge in [-0.25, -0.2) is 8.42 Å². The van der Waals surface area contributed by atoms with Gasteiger partial charge in [0.1, 0.15) is 5.25 Å². The molecular formula is C14H13ClO3S2. The highest BCUT2D eigenvalue weighted by Gasteiger charge is 2.32. The number of hydrogen-bond donors (Lipinski definition) is 0. The molecule has 0 fully saturated rings. The van der Waals surface area contributed by atoms with E-state index in [0.29, 0.717) is 14.8 Å². The second kappa shape index (κ2) is 5.68. The molecule has 2 rings (SSSR count). The van der Waals surface area contributed by atoms with E-state index < -0.39 is 20.9 Å². The van der Waals surface area contributed by atoms with Crippen molar-refractivity contribution in [3.63, 3.8) is 0 Å². The van der Waals surface area contributed by atoms with Crippen molar-refractivity contribution in [1.82, 2.24) is 0 Å². The molecule has 1 heterocycles. The number of ketones is 1. The van der Waals surface area contributed by atoms with Crippen LogP contribution in [0.1, 0.15) is 22.2 Å². The molecule has 0 aliphatic rings. The van der Waals surface area contributed by atoms with Crippen molar-refractivity contribution in [2.24, 2.45) is 0 Å². The molecule has 1 aromatic carbocycles. The zero-order chi connectivity index (χ0) is 14.9. The van der Waals surface area contributed by atoms with Crippen molar-refractivity contribution in [2.75, 3.05) is 0 Å². The lowest BCUT2D eigenvalue weighted by Crippen LogP contribution is -2.27. The van der Waals surface area contributed by atoms with Crippen LogP contribution in [0.4, 0.5) is 0 Å². The molecular weight excluding hydrogens is 316 g/mol. The van der Waals surface area contributed by atoms with E-state index in [0.717, 1.165) is 11.3 Å². The van der Waals surface area contributed by atoms with Gasteiger partial charge in [-0.3, -0.25) is 4.79 Å². The lowest BCUT2D eigenvalue weighted by molar-refractivity contribution is 0.0995. The number of benzene rings is 1. The van der Waals surface area contributed by atoms with Crippen LogP contribution < -0.4 is 0 Å². The van der Waals surface area contributed by atoms with E-state index in [2.05, 4.69) is 0 Å². The van der Waals surface area contributed by atoms with Crippen molar-refractivity contribution in [3.8, 4) is 0 Å². The Bertz CT molecular complexity index is 747. The molecule has 6 heteroatoms. The predicted octanol–water partition coefficient (Wildman–Crippen LogP) is 3.76. The number of thiophene rings is 1. The van der Waals surface area contributed by atoms with Crippen LogP contribution in [-0.2, 0) is 9.84 Å². The van der Waals surface area contributed by atoms with Gasteiger partial charge in [0.2, 0.25) is 0 Å². The summed E-state index contributed by atoms with van der Waals surface area (Å²) in [4.78, 5) is 12.8. The highest BCUT2D eigenvalue weighted by Crippen LogP contribution is 2.27. The highest BCUT2D eigenvalue weighted by molar-refractivity contribution is 7.93. The van der Waals surface area contributed by atoms with Gasteiger partial charge in [0.25, 0.3) is 0 Å². The van der Waals surface area contributed by atoms with E-state index in [-0.39, 0.29) is 4.90 Å². The second-order valence-electron chi connectivity index (χ2n) is 4.42. The molecule has 0 aliphatic heterocycles. The van der Waals surface area contributed by atoms with Crippen LogP contribution >= 0.6 is 22.9 Å². The Kier molecular flexibility index (Phi) is 4.32. The maximum absolute atomic E-state index is 12.5. The van der Waals surface area contributed by atoms with Gasteiger partial charge < -0.3 is 0 Å². The topological polar surface area (TPSA) is 51.2 Å². The van der Waals surface area contributed by atoms with Crippen LogP contribution in [0.25, 0.3) is 0 Å². The Hall–Kier alpha value is -1.17. The average Bonchev–Trinajstić information content (AvgIpc) is 2.84. The first kappa shape index (κ1) is 15.2. The number of halogens is 1. The Labute approximate surface area is 127 Å². The molecule has 0 N–H and O–H groups in total. The lowest BCUT2D eigenvalue weighted by atomic mass is 10.2. The summed E-state index contributed by atoms with van der Waals surface area (Å²) < 4.78 is 25.5. The molecule has 1 aromatic heterocycles. The molecule has 0 amide bonds. The van der Waals surface area contributed by atoms with Gasteiger partial charge in [-0.1, -0.05) is 29.8 Å². The summed E-state index contributed by atoms with van der Waals surface area (Å²) in [7, 11) is -3.69. The van der Waals surface area contributed by atoms with Crippen molar-refractivity contribution in [2.45, 2.75) is 24.0 Å². The Morgan fingerprint density at radius 1 is 1.20 bits per heavy atom. The number of aryl methyl sites for hydroxylation is 1. The highest BCUT2D eigenvalue weighted by atomic mass is 35.5. The van der Waals surface area contributed by atoms with E-state index in [9.17, 15) is 13.2 Å². The van der Waals surface area contributed by atoms with E-state index in [1.165, 1.54) is 13.0 Å². The smallest absolute Gasteiger partial charge is 0.191 e. The molecule has 106 valence electrons. The molecule has 0 saturated carbocycles. The Morgan fingerprint density at radius 2 is 1.85 bits per heavy atom. The summed E-state index contributed by atoms with van der Waals surface area (Å²) in [5, 5.41) is -1.13. The van der Waals surface area contributed by atoms with Crippen LogP contribution in [0.2, 0.25) is 4.34 Å². The summed E-state index contributed by atoms with van der Waals surface area (Å²) in [6.07, 6.45) is 0. The monoisotopic (exact) mass is 328 g/mol. The minimum Gasteiger partial charge on any atom is -0.292 e. The van der Waals surface area contributed by atoms with E-state index in [4.69, 9.17) is 11.6 Å². The summed E-state index contributed by atoms with van der Waals surface area (Å²) in [5.74, 6) is -0.426. The number of hydrogen-bond acceptors (Lipinski definition) is 4. The van der Waals surface area contributed by atoms with E-state index in [1.807, 2.05) is 0 Å². The summed E-state index contributed by atoms with van der Waals surface area (Å²) >= 11 is 6.87. The Balaban J connectivity index is 2.40. The van der Waals surface area contributed by atoms with Gasteiger partial charge in [0.15, 0.2) is 15.6 Å². The van der Waals surface area contributed by atoms with Gasteiger partial charge in [-0.05, 0) is 37.6 Å². The van der Waals surface area contributed by atoms with Gasteiger partial charge in [-0.15, -0.1) is 11.3 Å². The van der Waals surface area contributed by atoms with Gasteiger partial charge in [0.05, 0.1) is 14.1 Å². The zero-order valence-electron chi connectivity index (χ0n) is 11.0. The quantitative estimate of drug-likeness (QED) is 0.803. The minimum atomic E-state index is -3.69. The summed E-state index contributed by atoms with van der Waals surface area (Å²) in [5.41, 5.74) is 0.636. The first-order valence-corrected chi connectivity index (χ1v) is 8.67. The van der Waals surface area contributed by atoms with Crippen molar-refractivity contribution in [1.29, 1.82) is 0 Å². The first-order valence-electron chi connectivity index (χ1n) is 5.93. The van der Waals surface area contributed by atoms with Crippen LogP contribution in [-0.4, -0.2) is 19.5 Å². The third-order valence-electron chi connectivity index (χ3n) is 3.05. The van der Waals surface area contributed by atoms with Crippen LogP contribution in [0.3, 0.4) is 0 Å². The van der Waals surface area contributed by atoms with Crippen LogP contribution in [0.15, 0.2) is 41.3 Å². The predicted molar refractivity (Wildman–Crippen MR) is 81.5 cm³/mol. The zero-order valence-corrected chi connectivity index (χ0v) is 13.3. The molecule has 2 aromatic rings. The first-order chi connectivity index (χ1) is 9.34. The summed E-state index contributed by atoms with van der Waals surface area (Å²) in [6, 6.07) is 9.80. The molecule has 1 unspecified atom stereocenters.